The molecule has 40 heavy (non-hydrogen) atoms. The molecule has 2 bridgehead atoms. The van der Waals surface area contributed by atoms with Crippen molar-refractivity contribution >= 4 is 20.1 Å². The molecule has 5 rings (SSSR count). The highest BCUT2D eigenvalue weighted by molar-refractivity contribution is 8.00. The summed E-state index contributed by atoms with van der Waals surface area (Å²) < 4.78 is 30.8. The Balaban J connectivity index is 1.59. The molecule has 1 N–H and O–H groups in total. The highest BCUT2D eigenvalue weighted by Crippen LogP contribution is 2.66. The van der Waals surface area contributed by atoms with Gasteiger partial charge in [-0.15, -0.1) is 11.8 Å². The quantitative estimate of drug-likeness (QED) is 0.250. The minimum absolute atomic E-state index is 0.0112. The summed E-state index contributed by atoms with van der Waals surface area (Å²) >= 11 is 1.64. The van der Waals surface area contributed by atoms with Gasteiger partial charge in [0.05, 0.1) is 36.9 Å². The molecule has 3 aliphatic heterocycles. The molecule has 0 saturated carbocycles. The minimum Gasteiger partial charge on any atom is -0.497 e. The average Bonchev–Trinajstić information content (AvgIpc) is 3.61. The van der Waals surface area contributed by atoms with Crippen molar-refractivity contribution in [1.82, 2.24) is 0 Å². The zero-order chi connectivity index (χ0) is 28.8. The normalized spacial score (nSPS) is 31.9. The number of thioether (sulfide) groups is 1. The van der Waals surface area contributed by atoms with Gasteiger partial charge in [-0.25, -0.2) is 0 Å². The summed E-state index contributed by atoms with van der Waals surface area (Å²) in [7, 11) is -0.602. The second kappa shape index (κ2) is 10.6. The Bertz CT molecular complexity index is 1260. The van der Waals surface area contributed by atoms with Crippen molar-refractivity contribution in [3.05, 3.63) is 78.8 Å². The number of hydrogen-bond donors (Lipinski definition) is 1. The SMILES string of the molecule is COc1ccc(O/C=C/[C@@]23O[C@@H](C[C@@H]2O[Si](C)(C)C(C)(C)C)[C@@](C)(Sc2ccccc2)[C@@]3(O)C2=CCCO2)cc1. The fourth-order valence-electron chi connectivity index (χ4n) is 5.79. The van der Waals surface area contributed by atoms with Crippen molar-refractivity contribution in [2.45, 2.75) is 91.7 Å². The van der Waals surface area contributed by atoms with Crippen molar-refractivity contribution in [3.63, 3.8) is 0 Å². The van der Waals surface area contributed by atoms with Crippen LogP contribution in [0.15, 0.2) is 83.7 Å². The molecule has 3 heterocycles. The number of aliphatic hydroxyl groups is 1. The molecule has 216 valence electrons. The summed E-state index contributed by atoms with van der Waals surface area (Å²) in [5.41, 5.74) is -2.72. The van der Waals surface area contributed by atoms with E-state index in [-0.39, 0.29) is 17.2 Å². The number of benzene rings is 2. The van der Waals surface area contributed by atoms with E-state index >= 15 is 0 Å². The van der Waals surface area contributed by atoms with Crippen LogP contribution in [0.2, 0.25) is 18.1 Å². The highest BCUT2D eigenvalue weighted by Gasteiger charge is 2.80. The Labute approximate surface area is 243 Å². The standard InChI is InChI=1S/C32H42O6SSi/c1-29(2,3)40(6,7)38-28-22-27-30(4,39-25-12-9-8-10-13-25)32(33,26-14-11-20-36-26)31(28,37-27)19-21-35-24-17-15-23(34-5)16-18-24/h8-10,12-19,21,27-28,33H,11,20,22H2,1-7H3/b21-19+/t27-,28-,30+,31+,32-/m0/s1. The Morgan fingerprint density at radius 2 is 1.73 bits per heavy atom. The first-order valence-electron chi connectivity index (χ1n) is 14.0. The molecule has 5 atom stereocenters. The highest BCUT2D eigenvalue weighted by atomic mass is 32.2. The van der Waals surface area contributed by atoms with Crippen molar-refractivity contribution in [3.8, 4) is 11.5 Å². The third kappa shape index (κ3) is 4.71. The lowest BCUT2D eigenvalue weighted by molar-refractivity contribution is -0.127. The first-order chi connectivity index (χ1) is 18.9. The van der Waals surface area contributed by atoms with Gasteiger partial charge in [-0.05, 0) is 73.6 Å². The molecule has 0 aromatic heterocycles. The molecular weight excluding hydrogens is 540 g/mol. The summed E-state index contributed by atoms with van der Waals surface area (Å²) in [6, 6.07) is 17.6. The largest absolute Gasteiger partial charge is 0.497 e. The average molecular weight is 583 g/mol. The lowest BCUT2D eigenvalue weighted by Crippen LogP contribution is -2.70. The van der Waals surface area contributed by atoms with Crippen LogP contribution in [0.3, 0.4) is 0 Å². The fraction of sp³-hybridized carbons (Fsp3) is 0.500. The molecule has 2 saturated heterocycles. The molecular formula is C32H42O6SSi. The lowest BCUT2D eigenvalue weighted by atomic mass is 9.65. The van der Waals surface area contributed by atoms with Crippen LogP contribution in [0.25, 0.3) is 0 Å². The minimum atomic E-state index is -2.24. The van der Waals surface area contributed by atoms with Gasteiger partial charge in [0.1, 0.15) is 17.3 Å². The van der Waals surface area contributed by atoms with Gasteiger partial charge in [-0.2, -0.15) is 0 Å². The Morgan fingerprint density at radius 1 is 1.05 bits per heavy atom. The van der Waals surface area contributed by atoms with E-state index in [1.807, 2.05) is 54.6 Å². The number of ether oxygens (including phenoxy) is 4. The van der Waals surface area contributed by atoms with Gasteiger partial charge in [-0.3, -0.25) is 0 Å². The maximum Gasteiger partial charge on any atom is 0.192 e. The van der Waals surface area contributed by atoms with Gasteiger partial charge in [0.15, 0.2) is 19.5 Å². The third-order valence-electron chi connectivity index (χ3n) is 9.10. The summed E-state index contributed by atoms with van der Waals surface area (Å²) in [5.74, 6) is 1.96. The van der Waals surface area contributed by atoms with Crippen LogP contribution in [-0.2, 0) is 13.9 Å². The maximum atomic E-state index is 13.1. The van der Waals surface area contributed by atoms with E-state index in [9.17, 15) is 5.11 Å². The Hall–Kier alpha value is -2.23. The third-order valence-corrected chi connectivity index (χ3v) is 15.1. The van der Waals surface area contributed by atoms with E-state index in [1.54, 1.807) is 25.1 Å². The molecule has 3 aliphatic rings. The van der Waals surface area contributed by atoms with E-state index in [1.165, 1.54) is 0 Å². The van der Waals surface area contributed by atoms with E-state index in [0.29, 0.717) is 24.5 Å². The number of fused-ring (bicyclic) bond motifs is 2. The maximum absolute atomic E-state index is 13.1. The van der Waals surface area contributed by atoms with E-state index in [2.05, 4.69) is 52.9 Å². The van der Waals surface area contributed by atoms with Crippen LogP contribution in [0.1, 0.15) is 40.5 Å². The summed E-state index contributed by atoms with van der Waals surface area (Å²) in [5, 5.41) is 13.1. The van der Waals surface area contributed by atoms with Crippen LogP contribution >= 0.6 is 11.8 Å². The molecule has 0 unspecified atom stereocenters. The Kier molecular flexibility index (Phi) is 7.72. The molecule has 0 aliphatic carbocycles. The summed E-state index contributed by atoms with van der Waals surface area (Å²) in [6.07, 6.45) is 6.24. The number of hydrogen-bond acceptors (Lipinski definition) is 7. The van der Waals surface area contributed by atoms with E-state index in [0.717, 1.165) is 17.1 Å². The topological polar surface area (TPSA) is 66.4 Å². The van der Waals surface area contributed by atoms with Crippen LogP contribution in [0.5, 0.6) is 11.5 Å². The fourth-order valence-corrected chi connectivity index (χ4v) is 8.59. The molecule has 8 heteroatoms. The van der Waals surface area contributed by atoms with Crippen LogP contribution in [0.4, 0.5) is 0 Å². The zero-order valence-corrected chi connectivity index (χ0v) is 26.4. The second-order valence-electron chi connectivity index (χ2n) is 12.5. The van der Waals surface area contributed by atoms with Gasteiger partial charge in [0, 0.05) is 17.7 Å². The molecule has 2 aromatic rings. The number of methoxy groups -OCH3 is 1. The van der Waals surface area contributed by atoms with Crippen LogP contribution < -0.4 is 9.47 Å². The first-order valence-corrected chi connectivity index (χ1v) is 17.7. The van der Waals surface area contributed by atoms with Gasteiger partial charge < -0.3 is 28.5 Å². The van der Waals surface area contributed by atoms with Gasteiger partial charge in [0.2, 0.25) is 0 Å². The van der Waals surface area contributed by atoms with Crippen molar-refractivity contribution in [2.75, 3.05) is 13.7 Å². The van der Waals surface area contributed by atoms with E-state index in [4.69, 9.17) is 23.4 Å². The summed E-state index contributed by atoms with van der Waals surface area (Å²) in [6.45, 7) is 13.8. The monoisotopic (exact) mass is 582 g/mol. The zero-order valence-electron chi connectivity index (χ0n) is 24.6. The predicted molar refractivity (Wildman–Crippen MR) is 161 cm³/mol. The summed E-state index contributed by atoms with van der Waals surface area (Å²) in [4.78, 5) is 1.06. The van der Waals surface area contributed by atoms with Crippen molar-refractivity contribution in [1.29, 1.82) is 0 Å². The van der Waals surface area contributed by atoms with Gasteiger partial charge >= 0.3 is 0 Å². The van der Waals surface area contributed by atoms with Crippen molar-refractivity contribution < 1.29 is 28.5 Å². The van der Waals surface area contributed by atoms with Crippen LogP contribution in [-0.4, -0.2) is 55.3 Å². The molecule has 2 fully saturated rings. The molecule has 6 nitrogen and oxygen atoms in total. The Morgan fingerprint density at radius 3 is 2.33 bits per heavy atom. The molecule has 0 amide bonds. The smallest absolute Gasteiger partial charge is 0.192 e. The first kappa shape index (κ1) is 29.3. The second-order valence-corrected chi connectivity index (χ2v) is 18.8. The predicted octanol–water partition coefficient (Wildman–Crippen LogP) is 7.11. The van der Waals surface area contributed by atoms with E-state index < -0.39 is 24.3 Å². The molecule has 2 aromatic carbocycles. The van der Waals surface area contributed by atoms with Crippen molar-refractivity contribution in [2.24, 2.45) is 0 Å². The molecule has 0 spiro atoms. The van der Waals surface area contributed by atoms with Gasteiger partial charge in [0.25, 0.3) is 0 Å². The molecule has 0 radical (unpaired) electrons. The van der Waals surface area contributed by atoms with Gasteiger partial charge in [-0.1, -0.05) is 39.0 Å². The number of rotatable bonds is 9. The van der Waals surface area contributed by atoms with Crippen LogP contribution in [0, 0.1) is 0 Å². The lowest BCUT2D eigenvalue weighted by Gasteiger charge is -2.53.